The first-order valence-electron chi connectivity index (χ1n) is 6.68. The average molecular weight is 262 g/mol. The fourth-order valence-electron chi connectivity index (χ4n) is 1.90. The fraction of sp³-hybridized carbons (Fsp3) is 0.467. The first-order chi connectivity index (χ1) is 9.17. The zero-order valence-electron chi connectivity index (χ0n) is 11.7. The lowest BCUT2D eigenvalue weighted by molar-refractivity contribution is -0.121. The second kappa shape index (κ2) is 8.43. The van der Waals surface area contributed by atoms with Crippen LogP contribution in [0.1, 0.15) is 30.1 Å². The van der Waals surface area contributed by atoms with Gasteiger partial charge in [0.05, 0.1) is 6.54 Å². The molecule has 19 heavy (non-hydrogen) atoms. The summed E-state index contributed by atoms with van der Waals surface area (Å²) in [4.78, 5) is 25.4. The Labute approximate surface area is 114 Å². The van der Waals surface area contributed by atoms with Gasteiger partial charge in [0.25, 0.3) is 0 Å². The van der Waals surface area contributed by atoms with Gasteiger partial charge in [-0.15, -0.1) is 0 Å². The Bertz CT molecular complexity index is 404. The van der Waals surface area contributed by atoms with Gasteiger partial charge in [-0.25, -0.2) is 0 Å². The molecule has 0 unspecified atom stereocenters. The van der Waals surface area contributed by atoms with Gasteiger partial charge in [0.1, 0.15) is 0 Å². The van der Waals surface area contributed by atoms with E-state index >= 15 is 0 Å². The summed E-state index contributed by atoms with van der Waals surface area (Å²) >= 11 is 0. The third-order valence-electron chi connectivity index (χ3n) is 2.94. The van der Waals surface area contributed by atoms with Crippen LogP contribution in [-0.2, 0) is 4.79 Å². The van der Waals surface area contributed by atoms with Crippen molar-refractivity contribution >= 4 is 11.7 Å². The van der Waals surface area contributed by atoms with Crippen LogP contribution in [0, 0.1) is 0 Å². The predicted octanol–water partition coefficient (Wildman–Crippen LogP) is 1.72. The van der Waals surface area contributed by atoms with E-state index in [9.17, 15) is 9.59 Å². The largest absolute Gasteiger partial charge is 0.358 e. The quantitative estimate of drug-likeness (QED) is 0.726. The summed E-state index contributed by atoms with van der Waals surface area (Å²) in [5.74, 6) is 0.110. The second-order valence-electron chi connectivity index (χ2n) is 4.49. The van der Waals surface area contributed by atoms with Crippen LogP contribution in [0.3, 0.4) is 0 Å². The minimum atomic E-state index is -0.0133. The Morgan fingerprint density at radius 2 is 1.84 bits per heavy atom. The van der Waals surface area contributed by atoms with Gasteiger partial charge in [-0.2, -0.15) is 0 Å². The van der Waals surface area contributed by atoms with Gasteiger partial charge in [0, 0.05) is 25.6 Å². The van der Waals surface area contributed by atoms with Crippen molar-refractivity contribution in [3.8, 4) is 0 Å². The highest BCUT2D eigenvalue weighted by Crippen LogP contribution is 2.04. The second-order valence-corrected chi connectivity index (χ2v) is 4.49. The van der Waals surface area contributed by atoms with Crippen molar-refractivity contribution in [3.63, 3.8) is 0 Å². The van der Waals surface area contributed by atoms with Gasteiger partial charge < -0.3 is 5.32 Å². The summed E-state index contributed by atoms with van der Waals surface area (Å²) in [5, 5.41) is 2.61. The third kappa shape index (κ3) is 5.66. The van der Waals surface area contributed by atoms with Crippen molar-refractivity contribution in [1.82, 2.24) is 10.2 Å². The molecule has 0 bridgehead atoms. The summed E-state index contributed by atoms with van der Waals surface area (Å²) in [6.07, 6.45) is 1.41. The number of amides is 1. The number of Topliss-reactive ketones (excluding diaryl/α,β-unsaturated/α-hetero) is 1. The molecule has 1 aromatic carbocycles. The topological polar surface area (TPSA) is 49.4 Å². The van der Waals surface area contributed by atoms with Gasteiger partial charge in [-0.05, 0) is 13.0 Å². The Kier molecular flexibility index (Phi) is 6.82. The molecule has 0 aromatic heterocycles. The van der Waals surface area contributed by atoms with Crippen LogP contribution in [0.2, 0.25) is 0 Å². The molecule has 0 saturated carbocycles. The standard InChI is InChI=1S/C15H22N2O2/c1-3-10-17(12-15(19)16-2)11-9-14(18)13-7-5-4-6-8-13/h4-8H,3,9-12H2,1-2H3,(H,16,19). The van der Waals surface area contributed by atoms with Crippen molar-refractivity contribution in [3.05, 3.63) is 35.9 Å². The van der Waals surface area contributed by atoms with Crippen LogP contribution in [-0.4, -0.2) is 43.3 Å². The van der Waals surface area contributed by atoms with E-state index in [0.29, 0.717) is 19.5 Å². The smallest absolute Gasteiger partial charge is 0.233 e. The molecule has 4 nitrogen and oxygen atoms in total. The van der Waals surface area contributed by atoms with Gasteiger partial charge in [0.15, 0.2) is 5.78 Å². The van der Waals surface area contributed by atoms with E-state index in [1.54, 1.807) is 7.05 Å². The molecule has 0 atom stereocenters. The highest BCUT2D eigenvalue weighted by atomic mass is 16.2. The predicted molar refractivity (Wildman–Crippen MR) is 76.2 cm³/mol. The SMILES string of the molecule is CCCN(CCC(=O)c1ccccc1)CC(=O)NC. The van der Waals surface area contributed by atoms with Crippen molar-refractivity contribution in [1.29, 1.82) is 0 Å². The molecule has 0 heterocycles. The van der Waals surface area contributed by atoms with Crippen LogP contribution in [0.25, 0.3) is 0 Å². The monoisotopic (exact) mass is 262 g/mol. The molecule has 1 rings (SSSR count). The van der Waals surface area contributed by atoms with Gasteiger partial charge in [-0.1, -0.05) is 37.3 Å². The molecule has 104 valence electrons. The van der Waals surface area contributed by atoms with Crippen molar-refractivity contribution in [2.75, 3.05) is 26.7 Å². The van der Waals surface area contributed by atoms with Crippen LogP contribution in [0.4, 0.5) is 0 Å². The lowest BCUT2D eigenvalue weighted by atomic mass is 10.1. The van der Waals surface area contributed by atoms with Gasteiger partial charge in [-0.3, -0.25) is 14.5 Å². The summed E-state index contributed by atoms with van der Waals surface area (Å²) in [7, 11) is 1.63. The van der Waals surface area contributed by atoms with Crippen molar-refractivity contribution in [2.24, 2.45) is 0 Å². The molecule has 0 aliphatic carbocycles. The van der Waals surface area contributed by atoms with Crippen LogP contribution >= 0.6 is 0 Å². The van der Waals surface area contributed by atoms with Crippen LogP contribution in [0.5, 0.6) is 0 Å². The molecule has 1 aromatic rings. The Hall–Kier alpha value is -1.68. The summed E-state index contributed by atoms with van der Waals surface area (Å²) in [5.41, 5.74) is 0.735. The molecule has 4 heteroatoms. The number of benzene rings is 1. The van der Waals surface area contributed by atoms with E-state index in [1.807, 2.05) is 35.2 Å². The van der Waals surface area contributed by atoms with E-state index in [-0.39, 0.29) is 11.7 Å². The fourth-order valence-corrected chi connectivity index (χ4v) is 1.90. The number of nitrogens with zero attached hydrogens (tertiary/aromatic N) is 1. The van der Waals surface area contributed by atoms with Crippen LogP contribution < -0.4 is 5.32 Å². The van der Waals surface area contributed by atoms with E-state index in [1.165, 1.54) is 0 Å². The van der Waals surface area contributed by atoms with Crippen molar-refractivity contribution in [2.45, 2.75) is 19.8 Å². The summed E-state index contributed by atoms with van der Waals surface area (Å²) in [6.45, 7) is 3.87. The Balaban J connectivity index is 2.47. The van der Waals surface area contributed by atoms with E-state index in [4.69, 9.17) is 0 Å². The van der Waals surface area contributed by atoms with Crippen LogP contribution in [0.15, 0.2) is 30.3 Å². The van der Waals surface area contributed by atoms with E-state index in [2.05, 4.69) is 12.2 Å². The molecule has 0 radical (unpaired) electrons. The minimum Gasteiger partial charge on any atom is -0.358 e. The van der Waals surface area contributed by atoms with Gasteiger partial charge in [0.2, 0.25) is 5.91 Å². The minimum absolute atomic E-state index is 0.0133. The van der Waals surface area contributed by atoms with Crippen molar-refractivity contribution < 1.29 is 9.59 Å². The Morgan fingerprint density at radius 1 is 1.16 bits per heavy atom. The lowest BCUT2D eigenvalue weighted by Gasteiger charge is -2.20. The number of likely N-dealkylation sites (N-methyl/N-ethyl adjacent to an activating group) is 1. The van der Waals surface area contributed by atoms with E-state index < -0.39 is 0 Å². The summed E-state index contributed by atoms with van der Waals surface area (Å²) in [6, 6.07) is 9.27. The molecule has 0 aliphatic heterocycles. The Morgan fingerprint density at radius 3 is 2.42 bits per heavy atom. The number of carbonyl (C=O) groups excluding carboxylic acids is 2. The number of rotatable bonds is 8. The molecular weight excluding hydrogens is 240 g/mol. The number of hydrogen-bond acceptors (Lipinski definition) is 3. The maximum absolute atomic E-state index is 12.0. The molecule has 1 N–H and O–H groups in total. The highest BCUT2D eigenvalue weighted by molar-refractivity contribution is 5.96. The maximum Gasteiger partial charge on any atom is 0.233 e. The zero-order chi connectivity index (χ0) is 14.1. The number of hydrogen-bond donors (Lipinski definition) is 1. The number of ketones is 1. The first-order valence-corrected chi connectivity index (χ1v) is 6.68. The third-order valence-corrected chi connectivity index (χ3v) is 2.94. The summed E-state index contributed by atoms with van der Waals surface area (Å²) < 4.78 is 0. The number of carbonyl (C=O) groups is 2. The average Bonchev–Trinajstić information content (AvgIpc) is 2.45. The van der Waals surface area contributed by atoms with Gasteiger partial charge >= 0.3 is 0 Å². The molecule has 1 amide bonds. The normalized spacial score (nSPS) is 10.5. The highest BCUT2D eigenvalue weighted by Gasteiger charge is 2.11. The molecule has 0 spiro atoms. The molecule has 0 aliphatic rings. The molecular formula is C15H22N2O2. The zero-order valence-corrected chi connectivity index (χ0v) is 11.7. The lowest BCUT2D eigenvalue weighted by Crippen LogP contribution is -2.37. The van der Waals surface area contributed by atoms with E-state index in [0.717, 1.165) is 18.5 Å². The molecule has 0 fully saturated rings. The maximum atomic E-state index is 12.0. The first kappa shape index (κ1) is 15.4. The number of nitrogens with one attached hydrogen (secondary N) is 1. The molecule has 0 saturated heterocycles.